The quantitative estimate of drug-likeness (QED) is 0.530. The van der Waals surface area contributed by atoms with Gasteiger partial charge in [-0.15, -0.1) is 0 Å². The summed E-state index contributed by atoms with van der Waals surface area (Å²) in [5, 5.41) is 8.57. The van der Waals surface area contributed by atoms with Gasteiger partial charge in [0.2, 0.25) is 0 Å². The van der Waals surface area contributed by atoms with Crippen molar-refractivity contribution < 1.29 is 29.0 Å². The summed E-state index contributed by atoms with van der Waals surface area (Å²) in [5.41, 5.74) is -0.000724. The molecular weight excluding hydrogens is 252 g/mol. The maximum Gasteiger partial charge on any atom is 0.333 e. The molecule has 0 spiro atoms. The molecule has 0 radical (unpaired) electrons. The summed E-state index contributed by atoms with van der Waals surface area (Å²) < 4.78 is 9.84. The van der Waals surface area contributed by atoms with Gasteiger partial charge in [0.1, 0.15) is 12.7 Å². The van der Waals surface area contributed by atoms with Gasteiger partial charge in [-0.25, -0.2) is 9.59 Å². The van der Waals surface area contributed by atoms with E-state index in [1.165, 1.54) is 6.92 Å². The van der Waals surface area contributed by atoms with E-state index >= 15 is 0 Å². The van der Waals surface area contributed by atoms with Crippen molar-refractivity contribution in [3.63, 3.8) is 0 Å². The van der Waals surface area contributed by atoms with Crippen LogP contribution in [0, 0.1) is 0 Å². The predicted octanol–water partition coefficient (Wildman–Crippen LogP) is 1.46. The zero-order valence-electron chi connectivity index (χ0n) is 11.1. The number of ether oxygens (including phenoxy) is 2. The Morgan fingerprint density at radius 3 is 2.26 bits per heavy atom. The number of carbonyl (C=O) groups is 3. The van der Waals surface area contributed by atoms with Crippen LogP contribution in [0.4, 0.5) is 0 Å². The predicted molar refractivity (Wildman–Crippen MR) is 67.3 cm³/mol. The average Bonchev–Trinajstić information content (AvgIpc) is 2.33. The van der Waals surface area contributed by atoms with Gasteiger partial charge < -0.3 is 14.6 Å². The molecule has 6 heteroatoms. The van der Waals surface area contributed by atoms with E-state index in [1.807, 2.05) is 0 Å². The molecule has 1 N–H and O–H groups in total. The molecule has 0 aliphatic heterocycles. The van der Waals surface area contributed by atoms with Gasteiger partial charge in [-0.2, -0.15) is 0 Å². The van der Waals surface area contributed by atoms with Gasteiger partial charge in [-0.1, -0.05) is 20.1 Å². The fourth-order valence-electron chi connectivity index (χ4n) is 1.00. The molecule has 0 rings (SSSR count). The van der Waals surface area contributed by atoms with Crippen molar-refractivity contribution in [3.05, 3.63) is 24.3 Å². The highest BCUT2D eigenvalue weighted by Gasteiger charge is 2.17. The number of rotatable bonds is 8. The molecule has 0 saturated carbocycles. The maximum atomic E-state index is 11.4. The van der Waals surface area contributed by atoms with E-state index in [0.29, 0.717) is 6.42 Å². The molecule has 1 atom stereocenters. The number of esters is 2. The first-order valence-corrected chi connectivity index (χ1v) is 5.71. The lowest BCUT2D eigenvalue weighted by molar-refractivity contribution is -0.157. The average molecular weight is 270 g/mol. The highest BCUT2D eigenvalue weighted by atomic mass is 16.6. The van der Waals surface area contributed by atoms with E-state index in [0.717, 1.165) is 0 Å². The Morgan fingerprint density at radius 2 is 1.84 bits per heavy atom. The van der Waals surface area contributed by atoms with Crippen molar-refractivity contribution in [1.82, 2.24) is 0 Å². The number of hydrogen-bond donors (Lipinski definition) is 1. The number of carbonyl (C=O) groups excluding carboxylic acids is 2. The number of hydrogen-bond acceptors (Lipinski definition) is 5. The molecule has 0 saturated heterocycles. The summed E-state index contributed by atoms with van der Waals surface area (Å²) in [6.45, 7) is 9.81. The fourth-order valence-corrected chi connectivity index (χ4v) is 1.00. The highest BCUT2D eigenvalue weighted by Crippen LogP contribution is 2.06. The summed E-state index contributed by atoms with van der Waals surface area (Å²) >= 11 is 0. The Bertz CT molecular complexity index is 396. The third kappa shape index (κ3) is 7.03. The van der Waals surface area contributed by atoms with Crippen LogP contribution in [0.25, 0.3) is 0 Å². The van der Waals surface area contributed by atoms with Crippen molar-refractivity contribution in [3.8, 4) is 0 Å². The summed E-state index contributed by atoms with van der Waals surface area (Å²) in [6, 6.07) is 0. The van der Waals surface area contributed by atoms with Crippen molar-refractivity contribution >= 4 is 17.9 Å². The van der Waals surface area contributed by atoms with Crippen molar-refractivity contribution in [2.45, 2.75) is 32.8 Å². The van der Waals surface area contributed by atoms with E-state index in [2.05, 4.69) is 13.2 Å². The minimum atomic E-state index is -1.25. The lowest BCUT2D eigenvalue weighted by atomic mass is 10.2. The molecule has 0 fully saturated rings. The molecule has 0 bridgehead atoms. The lowest BCUT2D eigenvalue weighted by Gasteiger charge is -2.16. The van der Waals surface area contributed by atoms with Crippen LogP contribution in [-0.4, -0.2) is 35.7 Å². The van der Waals surface area contributed by atoms with Gasteiger partial charge in [-0.05, 0) is 13.3 Å². The molecule has 19 heavy (non-hydrogen) atoms. The van der Waals surface area contributed by atoms with Crippen molar-refractivity contribution in [2.75, 3.05) is 6.61 Å². The second-order valence-corrected chi connectivity index (χ2v) is 3.98. The standard InChI is InChI=1S/C13H18O6/c1-5-10(7-18-13(17)8(2)3)19-11(14)6-9(4)12(15)16/h10H,2,4-7H2,1,3H3,(H,15,16). The molecule has 0 aromatic carbocycles. The van der Waals surface area contributed by atoms with Gasteiger partial charge >= 0.3 is 17.9 Å². The Labute approximate surface area is 111 Å². The van der Waals surface area contributed by atoms with Crippen molar-refractivity contribution in [2.24, 2.45) is 0 Å². The first kappa shape index (κ1) is 16.9. The molecule has 1 unspecified atom stereocenters. The number of carboxylic acid groups (broad SMARTS) is 1. The molecule has 0 aromatic heterocycles. The molecule has 0 aliphatic rings. The first-order valence-electron chi connectivity index (χ1n) is 5.71. The third-order valence-electron chi connectivity index (χ3n) is 2.16. The van der Waals surface area contributed by atoms with E-state index in [4.69, 9.17) is 14.6 Å². The van der Waals surface area contributed by atoms with Gasteiger partial charge in [0.05, 0.1) is 6.42 Å². The zero-order valence-corrected chi connectivity index (χ0v) is 11.1. The monoisotopic (exact) mass is 270 g/mol. The summed E-state index contributed by atoms with van der Waals surface area (Å²) in [5.74, 6) is -2.53. The molecule has 6 nitrogen and oxygen atoms in total. The summed E-state index contributed by atoms with van der Waals surface area (Å²) in [6.07, 6.45) is -0.577. The SMILES string of the molecule is C=C(C)C(=O)OCC(CC)OC(=O)CC(=C)C(=O)O. The molecule has 0 aromatic rings. The normalized spacial score (nSPS) is 11.3. The molecule has 0 aliphatic carbocycles. The Balaban J connectivity index is 4.22. The van der Waals surface area contributed by atoms with Crippen LogP contribution in [0.3, 0.4) is 0 Å². The lowest BCUT2D eigenvalue weighted by Crippen LogP contribution is -2.25. The van der Waals surface area contributed by atoms with Gasteiger partial charge in [-0.3, -0.25) is 4.79 Å². The molecular formula is C13H18O6. The summed E-state index contributed by atoms with van der Waals surface area (Å²) in [4.78, 5) is 33.1. The van der Waals surface area contributed by atoms with Crippen molar-refractivity contribution in [1.29, 1.82) is 0 Å². The van der Waals surface area contributed by atoms with E-state index in [-0.39, 0.29) is 17.8 Å². The second-order valence-electron chi connectivity index (χ2n) is 3.98. The molecule has 0 amide bonds. The minimum Gasteiger partial charge on any atom is -0.478 e. The van der Waals surface area contributed by atoms with Crippen LogP contribution in [0.1, 0.15) is 26.7 Å². The highest BCUT2D eigenvalue weighted by molar-refractivity contribution is 5.91. The van der Waals surface area contributed by atoms with Crippen LogP contribution in [-0.2, 0) is 23.9 Å². The smallest absolute Gasteiger partial charge is 0.333 e. The van der Waals surface area contributed by atoms with Crippen LogP contribution < -0.4 is 0 Å². The minimum absolute atomic E-state index is 0.0898. The zero-order chi connectivity index (χ0) is 15.0. The van der Waals surface area contributed by atoms with E-state index in [9.17, 15) is 14.4 Å². The Morgan fingerprint density at radius 1 is 1.26 bits per heavy atom. The third-order valence-corrected chi connectivity index (χ3v) is 2.16. The summed E-state index contributed by atoms with van der Waals surface area (Å²) in [7, 11) is 0. The Hall–Kier alpha value is -2.11. The van der Waals surface area contributed by atoms with Gasteiger partial charge in [0, 0.05) is 11.1 Å². The second kappa shape index (κ2) is 8.07. The van der Waals surface area contributed by atoms with Crippen LogP contribution in [0.2, 0.25) is 0 Å². The van der Waals surface area contributed by atoms with E-state index < -0.39 is 30.4 Å². The van der Waals surface area contributed by atoms with Gasteiger partial charge in [0.15, 0.2) is 0 Å². The van der Waals surface area contributed by atoms with Gasteiger partial charge in [0.25, 0.3) is 0 Å². The largest absolute Gasteiger partial charge is 0.478 e. The van der Waals surface area contributed by atoms with Crippen LogP contribution in [0.15, 0.2) is 24.3 Å². The van der Waals surface area contributed by atoms with Crippen LogP contribution >= 0.6 is 0 Å². The first-order chi connectivity index (χ1) is 8.77. The van der Waals surface area contributed by atoms with E-state index in [1.54, 1.807) is 6.92 Å². The Kier molecular flexibility index (Phi) is 7.18. The fraction of sp³-hybridized carbons (Fsp3) is 0.462. The number of carboxylic acids is 1. The maximum absolute atomic E-state index is 11.4. The van der Waals surface area contributed by atoms with Crippen LogP contribution in [0.5, 0.6) is 0 Å². The molecule has 106 valence electrons. The topological polar surface area (TPSA) is 89.9 Å². The number of aliphatic carboxylic acids is 1. The molecule has 0 heterocycles.